The molecule has 2 heterocycles. The Hall–Kier alpha value is -4.10. The third-order valence-electron chi connectivity index (χ3n) is 27.6. The van der Waals surface area contributed by atoms with Crippen molar-refractivity contribution in [2.75, 3.05) is 19.9 Å². The summed E-state index contributed by atoms with van der Waals surface area (Å²) in [7, 11) is -4.68. The van der Waals surface area contributed by atoms with Crippen LogP contribution in [0, 0.1) is 0 Å². The van der Waals surface area contributed by atoms with Crippen LogP contribution in [0.1, 0.15) is 562 Å². The number of carbonyl (C=O) groups excluding carboxylic acids is 7. The molecule has 810 valence electrons. The van der Waals surface area contributed by atoms with Crippen LogP contribution in [0.2, 0.25) is 0 Å². The van der Waals surface area contributed by atoms with Crippen molar-refractivity contribution in [2.24, 2.45) is 0 Å². The number of aliphatic hydroxyl groups excluding tert-OH is 4. The summed E-state index contributed by atoms with van der Waals surface area (Å²) in [4.78, 5) is 113. The summed E-state index contributed by atoms with van der Waals surface area (Å²) in [6.07, 6.45) is 58.5. The fourth-order valence-electron chi connectivity index (χ4n) is 19.0. The minimum atomic E-state index is -4.68. The SMILES string of the molecule is CCCCCC/C=C\CCCCCCCC(=O)OC(CCCCCCCCCCC)CC(=O)NC1[C@H](OCC2OC(OP(C)(=O)O)C(NC(=O)CC(CCCCCCCCCCC)OC(=O)CCCCCCCCCCCCCCC)[C@@H](OC(=O)CC(O)CCCCCCCCCCC)[C@@H]2O)OC(CO)[C@@H](O)[C@@H]1OC(=O)CC(CCCCCCCCCCC)OC(=O)CCCCCCCCCCC. The van der Waals surface area contributed by atoms with Gasteiger partial charge in [-0.3, -0.25) is 42.7 Å². The molecular formula is C113H211N2O22P. The topological polar surface area (TPSA) is 345 Å². The Balaban J connectivity index is 2.83. The third kappa shape index (κ3) is 72.2. The van der Waals surface area contributed by atoms with Gasteiger partial charge in [0, 0.05) is 25.9 Å². The first kappa shape index (κ1) is 130. The molecule has 2 fully saturated rings. The van der Waals surface area contributed by atoms with Crippen LogP contribution < -0.4 is 10.6 Å². The second-order valence-corrected chi connectivity index (χ2v) is 42.9. The summed E-state index contributed by atoms with van der Waals surface area (Å²) < 4.78 is 70.1. The zero-order chi connectivity index (χ0) is 101. The van der Waals surface area contributed by atoms with Gasteiger partial charge in [0.1, 0.15) is 54.8 Å². The lowest BCUT2D eigenvalue weighted by atomic mass is 9.95. The summed E-state index contributed by atoms with van der Waals surface area (Å²) in [6, 6.07) is -3.42. The van der Waals surface area contributed by atoms with Crippen LogP contribution in [0.25, 0.3) is 0 Å². The predicted octanol–water partition coefficient (Wildman–Crippen LogP) is 27.8. The van der Waals surface area contributed by atoms with Crippen molar-refractivity contribution in [3.63, 3.8) is 0 Å². The first-order chi connectivity index (χ1) is 67.1. The van der Waals surface area contributed by atoms with E-state index in [1.807, 2.05) is 0 Å². The Labute approximate surface area is 841 Å². The molecule has 0 radical (unpaired) electrons. The number of esters is 5. The quantitative estimate of drug-likeness (QED) is 0.00978. The highest BCUT2D eigenvalue weighted by Crippen LogP contribution is 2.42. The molecule has 0 aromatic rings. The highest BCUT2D eigenvalue weighted by Gasteiger charge is 2.53. The Bertz CT molecular complexity index is 2980. The second-order valence-electron chi connectivity index (χ2n) is 41.1. The summed E-state index contributed by atoms with van der Waals surface area (Å²) in [5.41, 5.74) is 0. The standard InChI is InChI=1S/C113H211N2O22P/c1-9-16-23-30-37-44-46-48-50-57-64-71-77-84-101(120)130-94(81-74-67-60-53-40-33-26-19-12-4)88-99(118)114-106-110(136-105(124)90-96(83-76-69-62-55-42-35-28-21-14-6)132-103(122)86-79-70-63-56-43-36-29-22-15-7)108(125)97(91-116)133-112(106)129-92-98-109(126)111(135-104(123)87-93(117)80-73-66-59-52-39-32-25-18-11-3)107(113(134-98)137-138(8,127)128)115-100(119)89-95(82-75-68-61-54-41-34-27-20-13-5)131-102(121)85-78-72-65-58-51-49-47-45-38-31-24-17-10-2/h44,46,93-98,106-113,116-117,125-126H,9-43,45,47-92H2,1-8H3,(H,114,118)(H,115,119)(H,127,128)/b46-44-/t93?,94?,95?,96?,97?,98?,106?,107?,108-,109-,110-,111-,112-,113?/m1/s1. The van der Waals surface area contributed by atoms with E-state index in [0.29, 0.717) is 64.2 Å². The molecule has 138 heavy (non-hydrogen) atoms. The van der Waals surface area contributed by atoms with E-state index in [-0.39, 0.29) is 32.1 Å². The Morgan fingerprint density at radius 1 is 0.326 bits per heavy atom. The normalized spacial score (nSPS) is 19.7. The summed E-state index contributed by atoms with van der Waals surface area (Å²) in [6.45, 7) is 14.6. The minimum absolute atomic E-state index is 0.141. The molecule has 2 aliphatic rings. The highest BCUT2D eigenvalue weighted by atomic mass is 31.2. The number of hydrogen-bond donors (Lipinski definition) is 7. The molecule has 2 amide bonds. The van der Waals surface area contributed by atoms with Gasteiger partial charge in [0.15, 0.2) is 24.8 Å². The number of amides is 2. The van der Waals surface area contributed by atoms with E-state index < -0.39 is 167 Å². The minimum Gasteiger partial charge on any atom is -0.462 e. The van der Waals surface area contributed by atoms with Gasteiger partial charge in [-0.1, -0.05) is 439 Å². The lowest BCUT2D eigenvalue weighted by Gasteiger charge is -2.46. The number of nitrogens with one attached hydrogen (secondary N) is 2. The maximum Gasteiger partial charge on any atom is 0.327 e. The molecule has 0 aromatic heterocycles. The van der Waals surface area contributed by atoms with E-state index >= 15 is 4.79 Å². The van der Waals surface area contributed by atoms with Gasteiger partial charge in [0.2, 0.25) is 11.8 Å². The molecule has 2 rings (SSSR count). The number of carbonyl (C=O) groups is 7. The second kappa shape index (κ2) is 90.4. The Morgan fingerprint density at radius 2 is 0.580 bits per heavy atom. The van der Waals surface area contributed by atoms with Gasteiger partial charge < -0.3 is 73.8 Å². The van der Waals surface area contributed by atoms with Gasteiger partial charge in [-0.25, -0.2) is 0 Å². The summed E-state index contributed by atoms with van der Waals surface area (Å²) in [5, 5.41) is 53.7. The van der Waals surface area contributed by atoms with E-state index in [9.17, 15) is 58.7 Å². The Kier molecular flexibility index (Phi) is 85.2. The van der Waals surface area contributed by atoms with E-state index in [0.717, 1.165) is 251 Å². The number of unbranched alkanes of at least 4 members (excludes halogenated alkanes) is 61. The van der Waals surface area contributed by atoms with Gasteiger partial charge in [-0.05, 0) is 89.9 Å². The lowest BCUT2D eigenvalue weighted by molar-refractivity contribution is -0.297. The average Bonchev–Trinajstić information content (AvgIpc) is 0.780. The number of allylic oxidation sites excluding steroid dienone is 2. The van der Waals surface area contributed by atoms with Gasteiger partial charge in [0.05, 0.1) is 45.0 Å². The van der Waals surface area contributed by atoms with Crippen molar-refractivity contribution in [3.8, 4) is 0 Å². The van der Waals surface area contributed by atoms with E-state index in [4.69, 9.17) is 42.4 Å². The van der Waals surface area contributed by atoms with Crippen LogP contribution in [0.15, 0.2) is 12.2 Å². The number of hydrogen-bond acceptors (Lipinski definition) is 21. The molecule has 0 aromatic carbocycles. The summed E-state index contributed by atoms with van der Waals surface area (Å²) >= 11 is 0. The predicted molar refractivity (Wildman–Crippen MR) is 557 cm³/mol. The molecule has 24 nitrogen and oxygen atoms in total. The van der Waals surface area contributed by atoms with E-state index in [2.05, 4.69) is 71.3 Å². The molecule has 0 saturated carbocycles. The number of ether oxygens (including phenoxy) is 8. The molecule has 15 atom stereocenters. The number of rotatable bonds is 98. The van der Waals surface area contributed by atoms with Gasteiger partial charge in [0.25, 0.3) is 0 Å². The van der Waals surface area contributed by atoms with Crippen molar-refractivity contribution in [2.45, 2.75) is 648 Å². The molecule has 7 N–H and O–H groups in total. The average molecular weight is 1980 g/mol. The first-order valence-corrected chi connectivity index (χ1v) is 59.9. The van der Waals surface area contributed by atoms with Crippen molar-refractivity contribution < 1.29 is 106 Å². The molecule has 0 aliphatic carbocycles. The molecule has 25 heteroatoms. The smallest absolute Gasteiger partial charge is 0.327 e. The highest BCUT2D eigenvalue weighted by molar-refractivity contribution is 7.51. The zero-order valence-electron chi connectivity index (χ0n) is 89.3. The van der Waals surface area contributed by atoms with Crippen LogP contribution in [-0.2, 0) is 80.5 Å². The van der Waals surface area contributed by atoms with Gasteiger partial charge >= 0.3 is 37.4 Å². The lowest BCUT2D eigenvalue weighted by Crippen LogP contribution is -2.67. The van der Waals surface area contributed by atoms with Crippen molar-refractivity contribution in [1.82, 2.24) is 10.6 Å². The zero-order valence-corrected chi connectivity index (χ0v) is 90.2. The molecule has 0 bridgehead atoms. The van der Waals surface area contributed by atoms with Crippen molar-refractivity contribution in [3.05, 3.63) is 12.2 Å². The fourth-order valence-corrected chi connectivity index (χ4v) is 19.6. The largest absolute Gasteiger partial charge is 0.462 e. The van der Waals surface area contributed by atoms with Crippen LogP contribution in [-0.4, -0.2) is 173 Å². The van der Waals surface area contributed by atoms with Gasteiger partial charge in [-0.2, -0.15) is 0 Å². The van der Waals surface area contributed by atoms with Crippen LogP contribution in [0.4, 0.5) is 0 Å². The third-order valence-corrected chi connectivity index (χ3v) is 28.2. The van der Waals surface area contributed by atoms with Crippen LogP contribution in [0.3, 0.4) is 0 Å². The maximum atomic E-state index is 15.2. The monoisotopic (exact) mass is 1980 g/mol. The van der Waals surface area contributed by atoms with E-state index in [1.165, 1.54) is 154 Å². The molecule has 10 unspecified atom stereocenters. The van der Waals surface area contributed by atoms with Crippen LogP contribution in [0.5, 0.6) is 0 Å². The molecule has 0 spiro atoms. The van der Waals surface area contributed by atoms with Gasteiger partial charge in [-0.15, -0.1) is 0 Å². The first-order valence-electron chi connectivity index (χ1n) is 57.8. The van der Waals surface area contributed by atoms with E-state index in [1.54, 1.807) is 0 Å². The van der Waals surface area contributed by atoms with Crippen molar-refractivity contribution in [1.29, 1.82) is 0 Å². The molecule has 2 saturated heterocycles. The number of aliphatic hydroxyl groups is 4. The van der Waals surface area contributed by atoms with Crippen molar-refractivity contribution >= 4 is 49.3 Å². The molecule has 2 aliphatic heterocycles. The molecular weight excluding hydrogens is 1770 g/mol. The Morgan fingerprint density at radius 3 is 0.891 bits per heavy atom. The maximum absolute atomic E-state index is 15.2. The fraction of sp³-hybridized carbons (Fsp3) is 0.920. The van der Waals surface area contributed by atoms with Crippen LogP contribution >= 0.6 is 7.60 Å². The summed E-state index contributed by atoms with van der Waals surface area (Å²) in [5.74, 6) is -4.75.